The molecule has 0 spiro atoms. The highest BCUT2D eigenvalue weighted by Gasteiger charge is 2.16. The molecular formula is C14H12FN3O3S2. The van der Waals surface area contributed by atoms with Gasteiger partial charge in [0, 0.05) is 5.56 Å². The van der Waals surface area contributed by atoms with E-state index in [1.807, 2.05) is 0 Å². The molecule has 1 aromatic heterocycles. The number of hydrogen-bond donors (Lipinski definition) is 2. The number of anilines is 1. The van der Waals surface area contributed by atoms with Gasteiger partial charge in [0.05, 0.1) is 12.8 Å². The summed E-state index contributed by atoms with van der Waals surface area (Å²) in [7, 11) is 1.28. The lowest BCUT2D eigenvalue weighted by molar-refractivity contribution is 0.0605. The van der Waals surface area contributed by atoms with Crippen LogP contribution < -0.4 is 10.6 Å². The van der Waals surface area contributed by atoms with Crippen LogP contribution >= 0.6 is 23.6 Å². The van der Waals surface area contributed by atoms with E-state index >= 15 is 0 Å². The largest absolute Gasteiger partial charge is 0.465 e. The molecule has 0 aliphatic rings. The molecule has 0 bridgehead atoms. The number of thiocarbonyl (C=S) groups is 1. The molecule has 0 radical (unpaired) electrons. The fraction of sp³-hybridized carbons (Fsp3) is 0.143. The van der Waals surface area contributed by atoms with Crippen LogP contribution in [0, 0.1) is 12.7 Å². The Morgan fingerprint density at radius 2 is 1.96 bits per heavy atom. The van der Waals surface area contributed by atoms with Crippen molar-refractivity contribution in [2.75, 3.05) is 12.4 Å². The minimum absolute atomic E-state index is 0.0180. The molecular weight excluding hydrogens is 341 g/mol. The van der Waals surface area contributed by atoms with Crippen molar-refractivity contribution in [3.63, 3.8) is 0 Å². The van der Waals surface area contributed by atoms with Gasteiger partial charge in [-0.25, -0.2) is 14.2 Å². The molecule has 0 fully saturated rings. The number of esters is 1. The summed E-state index contributed by atoms with van der Waals surface area (Å²) in [6.45, 7) is 1.66. The van der Waals surface area contributed by atoms with Gasteiger partial charge in [0.25, 0.3) is 5.91 Å². The van der Waals surface area contributed by atoms with Crippen molar-refractivity contribution in [2.45, 2.75) is 6.92 Å². The van der Waals surface area contributed by atoms with E-state index in [0.717, 1.165) is 11.3 Å². The Hall–Kier alpha value is -2.39. The van der Waals surface area contributed by atoms with E-state index in [2.05, 4.69) is 20.4 Å². The van der Waals surface area contributed by atoms with Crippen molar-refractivity contribution in [1.82, 2.24) is 10.3 Å². The molecule has 1 amide bonds. The number of amides is 1. The van der Waals surface area contributed by atoms with Crippen molar-refractivity contribution < 1.29 is 18.7 Å². The summed E-state index contributed by atoms with van der Waals surface area (Å²) in [5.74, 6) is -1.41. The van der Waals surface area contributed by atoms with E-state index < -0.39 is 17.7 Å². The number of aromatic nitrogens is 1. The number of rotatable bonds is 3. The van der Waals surface area contributed by atoms with Crippen molar-refractivity contribution in [2.24, 2.45) is 0 Å². The summed E-state index contributed by atoms with van der Waals surface area (Å²) in [5.41, 5.74) is 0.762. The van der Waals surface area contributed by atoms with E-state index in [9.17, 15) is 14.0 Å². The first-order chi connectivity index (χ1) is 10.9. The predicted octanol–water partition coefficient (Wildman–Crippen LogP) is 2.50. The maximum absolute atomic E-state index is 12.8. The van der Waals surface area contributed by atoms with Crippen molar-refractivity contribution in [1.29, 1.82) is 0 Å². The van der Waals surface area contributed by atoms with Gasteiger partial charge in [-0.3, -0.25) is 10.1 Å². The minimum Gasteiger partial charge on any atom is -0.465 e. The quantitative estimate of drug-likeness (QED) is 0.652. The van der Waals surface area contributed by atoms with Crippen LogP contribution in [0.4, 0.5) is 9.52 Å². The molecule has 1 heterocycles. The van der Waals surface area contributed by atoms with Crippen LogP contribution in [0.3, 0.4) is 0 Å². The molecule has 2 aromatic rings. The number of aryl methyl sites for hydroxylation is 1. The van der Waals surface area contributed by atoms with Gasteiger partial charge in [-0.05, 0) is 43.4 Å². The molecule has 0 atom stereocenters. The topological polar surface area (TPSA) is 80.3 Å². The molecule has 9 heteroatoms. The number of halogens is 1. The second-order valence-electron chi connectivity index (χ2n) is 4.34. The van der Waals surface area contributed by atoms with Crippen LogP contribution in [-0.2, 0) is 4.74 Å². The maximum Gasteiger partial charge on any atom is 0.350 e. The molecule has 2 N–H and O–H groups in total. The molecule has 0 aliphatic heterocycles. The molecule has 2 rings (SSSR count). The fourth-order valence-corrected chi connectivity index (χ4v) is 2.78. The van der Waals surface area contributed by atoms with Crippen LogP contribution in [0.1, 0.15) is 25.7 Å². The summed E-state index contributed by atoms with van der Waals surface area (Å²) in [6, 6.07) is 5.04. The summed E-state index contributed by atoms with van der Waals surface area (Å²) in [4.78, 5) is 27.9. The average molecular weight is 353 g/mol. The minimum atomic E-state index is -0.491. The normalized spacial score (nSPS) is 10.0. The van der Waals surface area contributed by atoms with Gasteiger partial charge in [0.1, 0.15) is 10.7 Å². The van der Waals surface area contributed by atoms with Gasteiger partial charge in [-0.1, -0.05) is 11.3 Å². The Morgan fingerprint density at radius 3 is 2.57 bits per heavy atom. The zero-order valence-corrected chi connectivity index (χ0v) is 13.8. The number of nitrogens with zero attached hydrogens (tertiary/aromatic N) is 1. The van der Waals surface area contributed by atoms with Crippen molar-refractivity contribution in [3.8, 4) is 0 Å². The highest BCUT2D eigenvalue weighted by molar-refractivity contribution is 7.80. The van der Waals surface area contributed by atoms with E-state index in [0.29, 0.717) is 15.7 Å². The Kier molecular flexibility index (Phi) is 5.35. The van der Waals surface area contributed by atoms with Gasteiger partial charge in [0.2, 0.25) is 0 Å². The van der Waals surface area contributed by atoms with E-state index in [1.165, 1.54) is 31.4 Å². The van der Waals surface area contributed by atoms with Crippen molar-refractivity contribution >= 4 is 45.7 Å². The summed E-state index contributed by atoms with van der Waals surface area (Å²) < 4.78 is 17.5. The first kappa shape index (κ1) is 17.0. The summed E-state index contributed by atoms with van der Waals surface area (Å²) >= 11 is 6.08. The summed E-state index contributed by atoms with van der Waals surface area (Å²) in [6.07, 6.45) is 0. The number of ether oxygens (including phenoxy) is 1. The Balaban J connectivity index is 2.01. The molecule has 6 nitrogen and oxygen atoms in total. The monoisotopic (exact) mass is 353 g/mol. The molecule has 23 heavy (non-hydrogen) atoms. The number of benzene rings is 1. The van der Waals surface area contributed by atoms with Crippen LogP contribution in [-0.4, -0.2) is 29.1 Å². The van der Waals surface area contributed by atoms with E-state index in [1.54, 1.807) is 6.92 Å². The van der Waals surface area contributed by atoms with Gasteiger partial charge in [-0.2, -0.15) is 0 Å². The number of nitrogens with one attached hydrogen (secondary N) is 2. The third-order valence-electron chi connectivity index (χ3n) is 2.72. The SMILES string of the molecule is COC(=O)c1sc(NC(=S)NC(=O)c2ccc(F)cc2)nc1C. The maximum atomic E-state index is 12.8. The molecule has 120 valence electrons. The second kappa shape index (κ2) is 7.25. The van der Waals surface area contributed by atoms with Gasteiger partial charge in [0.15, 0.2) is 10.2 Å². The van der Waals surface area contributed by atoms with Gasteiger partial charge >= 0.3 is 5.97 Å². The average Bonchev–Trinajstić information content (AvgIpc) is 2.87. The molecule has 0 saturated heterocycles. The Bertz CT molecular complexity index is 759. The van der Waals surface area contributed by atoms with Crippen LogP contribution in [0.15, 0.2) is 24.3 Å². The Morgan fingerprint density at radius 1 is 1.30 bits per heavy atom. The fourth-order valence-electron chi connectivity index (χ4n) is 1.64. The highest BCUT2D eigenvalue weighted by Crippen LogP contribution is 2.23. The lowest BCUT2D eigenvalue weighted by atomic mass is 10.2. The Labute approximate surface area is 140 Å². The molecule has 0 aliphatic carbocycles. The number of methoxy groups -OCH3 is 1. The second-order valence-corrected chi connectivity index (χ2v) is 5.75. The number of hydrogen-bond acceptors (Lipinski definition) is 6. The van der Waals surface area contributed by atoms with E-state index in [-0.39, 0.29) is 10.7 Å². The molecule has 0 unspecified atom stereocenters. The molecule has 0 saturated carbocycles. The van der Waals surface area contributed by atoms with Gasteiger partial charge < -0.3 is 10.1 Å². The predicted molar refractivity (Wildman–Crippen MR) is 88.3 cm³/mol. The third-order valence-corrected chi connectivity index (χ3v) is 3.98. The van der Waals surface area contributed by atoms with Crippen LogP contribution in [0.2, 0.25) is 0 Å². The first-order valence-corrected chi connectivity index (χ1v) is 7.57. The first-order valence-electron chi connectivity index (χ1n) is 6.34. The molecule has 1 aromatic carbocycles. The summed E-state index contributed by atoms with van der Waals surface area (Å²) in [5, 5.41) is 5.54. The standard InChI is InChI=1S/C14H12FN3O3S2/c1-7-10(12(20)21-2)23-14(16-7)18-13(22)17-11(19)8-3-5-9(15)6-4-8/h3-6H,1-2H3,(H2,16,17,18,19,22). The van der Waals surface area contributed by atoms with Crippen LogP contribution in [0.25, 0.3) is 0 Å². The lowest BCUT2D eigenvalue weighted by Crippen LogP contribution is -2.34. The zero-order chi connectivity index (χ0) is 17.0. The number of carbonyl (C=O) groups is 2. The highest BCUT2D eigenvalue weighted by atomic mass is 32.1. The lowest BCUT2D eigenvalue weighted by Gasteiger charge is -2.07. The third kappa shape index (κ3) is 4.30. The number of carbonyl (C=O) groups excluding carboxylic acids is 2. The van der Waals surface area contributed by atoms with Crippen LogP contribution in [0.5, 0.6) is 0 Å². The van der Waals surface area contributed by atoms with Crippen molar-refractivity contribution in [3.05, 3.63) is 46.2 Å². The van der Waals surface area contributed by atoms with E-state index in [4.69, 9.17) is 12.2 Å². The zero-order valence-electron chi connectivity index (χ0n) is 12.2. The smallest absolute Gasteiger partial charge is 0.350 e. The number of thiazole rings is 1. The van der Waals surface area contributed by atoms with Gasteiger partial charge in [-0.15, -0.1) is 0 Å².